The van der Waals surface area contributed by atoms with Crippen LogP contribution in [0.3, 0.4) is 0 Å². The molecular formula is C22H26ClN3O2. The van der Waals surface area contributed by atoms with Gasteiger partial charge < -0.3 is 10.1 Å². The number of nitrogens with one attached hydrogen (secondary N) is 1. The van der Waals surface area contributed by atoms with Gasteiger partial charge in [0.25, 0.3) is 0 Å². The number of carbonyl (C=O) groups excluding carboxylic acids is 1. The summed E-state index contributed by atoms with van der Waals surface area (Å²) in [6, 6.07) is 15.3. The van der Waals surface area contributed by atoms with Crippen LogP contribution in [-0.2, 0) is 4.79 Å². The van der Waals surface area contributed by atoms with Gasteiger partial charge in [0.1, 0.15) is 11.5 Å². The van der Waals surface area contributed by atoms with Crippen molar-refractivity contribution in [2.75, 3.05) is 38.0 Å². The van der Waals surface area contributed by atoms with Crippen LogP contribution in [0.25, 0.3) is 0 Å². The summed E-state index contributed by atoms with van der Waals surface area (Å²) in [7, 11) is 0. The molecule has 2 aliphatic heterocycles. The third kappa shape index (κ3) is 4.85. The molecular weight excluding hydrogens is 374 g/mol. The highest BCUT2D eigenvalue weighted by Crippen LogP contribution is 2.29. The third-order valence-electron chi connectivity index (χ3n) is 5.47. The lowest BCUT2D eigenvalue weighted by Crippen LogP contribution is -2.37. The second-order valence-corrected chi connectivity index (χ2v) is 7.93. The highest BCUT2D eigenvalue weighted by molar-refractivity contribution is 6.32. The van der Waals surface area contributed by atoms with E-state index in [0.29, 0.717) is 29.1 Å². The summed E-state index contributed by atoms with van der Waals surface area (Å²) in [6.07, 6.45) is 3.79. The summed E-state index contributed by atoms with van der Waals surface area (Å²) in [5, 5.41) is 3.55. The van der Waals surface area contributed by atoms with Gasteiger partial charge in [-0.05, 0) is 68.8 Å². The van der Waals surface area contributed by atoms with Crippen molar-refractivity contribution < 1.29 is 9.53 Å². The maximum Gasteiger partial charge on any atom is 0.238 e. The van der Waals surface area contributed by atoms with E-state index in [1.807, 2.05) is 42.5 Å². The summed E-state index contributed by atoms with van der Waals surface area (Å²) in [6.45, 7) is 4.88. The molecule has 2 fully saturated rings. The number of rotatable bonds is 6. The SMILES string of the molecule is O=C(CN1CCC(N2CCCC2)C1)Nc1ccc(Oc2ccccc2Cl)cc1. The summed E-state index contributed by atoms with van der Waals surface area (Å²) in [5.74, 6) is 1.32. The fourth-order valence-corrected chi connectivity index (χ4v) is 4.20. The van der Waals surface area contributed by atoms with Gasteiger partial charge in [0, 0.05) is 24.8 Å². The zero-order valence-electron chi connectivity index (χ0n) is 15.9. The smallest absolute Gasteiger partial charge is 0.238 e. The van der Waals surface area contributed by atoms with Crippen LogP contribution in [0.2, 0.25) is 5.02 Å². The molecule has 5 nitrogen and oxygen atoms in total. The predicted octanol–water partition coefficient (Wildman–Crippen LogP) is 4.24. The molecule has 0 bridgehead atoms. The Hall–Kier alpha value is -2.08. The molecule has 0 radical (unpaired) electrons. The number of nitrogens with zero attached hydrogens (tertiary/aromatic N) is 2. The molecule has 6 heteroatoms. The molecule has 0 aliphatic carbocycles. The van der Waals surface area contributed by atoms with Crippen molar-refractivity contribution in [1.29, 1.82) is 0 Å². The minimum atomic E-state index is 0.0295. The topological polar surface area (TPSA) is 44.8 Å². The molecule has 148 valence electrons. The van der Waals surface area contributed by atoms with E-state index >= 15 is 0 Å². The van der Waals surface area contributed by atoms with E-state index < -0.39 is 0 Å². The average molecular weight is 400 g/mol. The van der Waals surface area contributed by atoms with Crippen molar-refractivity contribution in [3.05, 3.63) is 53.6 Å². The van der Waals surface area contributed by atoms with Gasteiger partial charge in [0.15, 0.2) is 0 Å². The van der Waals surface area contributed by atoms with Gasteiger partial charge in [-0.3, -0.25) is 14.6 Å². The highest BCUT2D eigenvalue weighted by atomic mass is 35.5. The van der Waals surface area contributed by atoms with E-state index in [-0.39, 0.29) is 5.91 Å². The first kappa shape index (κ1) is 19.2. The fourth-order valence-electron chi connectivity index (χ4n) is 4.02. The maximum atomic E-state index is 12.4. The Labute approximate surface area is 171 Å². The zero-order chi connectivity index (χ0) is 19.3. The number of carbonyl (C=O) groups is 1. The molecule has 1 atom stereocenters. The van der Waals surface area contributed by atoms with E-state index in [0.717, 1.165) is 18.8 Å². The van der Waals surface area contributed by atoms with Crippen molar-refractivity contribution in [3.63, 3.8) is 0 Å². The lowest BCUT2D eigenvalue weighted by molar-refractivity contribution is -0.117. The van der Waals surface area contributed by atoms with Gasteiger partial charge in [-0.25, -0.2) is 0 Å². The number of halogens is 1. The largest absolute Gasteiger partial charge is 0.456 e. The van der Waals surface area contributed by atoms with E-state index in [4.69, 9.17) is 16.3 Å². The predicted molar refractivity (Wildman–Crippen MR) is 112 cm³/mol. The number of ether oxygens (including phenoxy) is 1. The van der Waals surface area contributed by atoms with E-state index in [2.05, 4.69) is 15.1 Å². The van der Waals surface area contributed by atoms with Gasteiger partial charge in [-0.1, -0.05) is 23.7 Å². The summed E-state index contributed by atoms with van der Waals surface area (Å²) in [5.41, 5.74) is 0.770. The van der Waals surface area contributed by atoms with Crippen LogP contribution in [0.5, 0.6) is 11.5 Å². The summed E-state index contributed by atoms with van der Waals surface area (Å²) >= 11 is 6.12. The third-order valence-corrected chi connectivity index (χ3v) is 5.79. The molecule has 0 aromatic heterocycles. The Kier molecular flexibility index (Phi) is 6.15. The van der Waals surface area contributed by atoms with Crippen LogP contribution in [0.15, 0.2) is 48.5 Å². The van der Waals surface area contributed by atoms with Crippen LogP contribution < -0.4 is 10.1 Å². The zero-order valence-corrected chi connectivity index (χ0v) is 16.7. The van der Waals surface area contributed by atoms with Gasteiger partial charge in [0.05, 0.1) is 11.6 Å². The standard InChI is InChI=1S/C22H26ClN3O2/c23-20-5-1-2-6-21(20)28-19-9-7-17(8-10-19)24-22(27)16-25-14-11-18(15-25)26-12-3-4-13-26/h1-2,5-10,18H,3-4,11-16H2,(H,24,27). The van der Waals surface area contributed by atoms with Gasteiger partial charge in [-0.2, -0.15) is 0 Å². The summed E-state index contributed by atoms with van der Waals surface area (Å²) in [4.78, 5) is 17.2. The highest BCUT2D eigenvalue weighted by Gasteiger charge is 2.29. The number of likely N-dealkylation sites (tertiary alicyclic amines) is 2. The molecule has 2 aliphatic rings. The molecule has 28 heavy (non-hydrogen) atoms. The average Bonchev–Trinajstić information content (AvgIpc) is 3.37. The number of benzene rings is 2. The first-order valence-electron chi connectivity index (χ1n) is 9.96. The monoisotopic (exact) mass is 399 g/mol. The quantitative estimate of drug-likeness (QED) is 0.789. The van der Waals surface area contributed by atoms with Crippen LogP contribution >= 0.6 is 11.6 Å². The van der Waals surface area contributed by atoms with Crippen molar-refractivity contribution in [3.8, 4) is 11.5 Å². The normalized spacial score (nSPS) is 20.4. The van der Waals surface area contributed by atoms with Crippen LogP contribution in [0, 0.1) is 0 Å². The Morgan fingerprint density at radius 2 is 1.82 bits per heavy atom. The minimum Gasteiger partial charge on any atom is -0.456 e. The molecule has 2 saturated heterocycles. The van der Waals surface area contributed by atoms with Crippen molar-refractivity contribution in [1.82, 2.24) is 9.80 Å². The van der Waals surface area contributed by atoms with Crippen LogP contribution in [0.4, 0.5) is 5.69 Å². The Balaban J connectivity index is 1.26. The minimum absolute atomic E-state index is 0.0295. The van der Waals surface area contributed by atoms with Crippen molar-refractivity contribution in [2.24, 2.45) is 0 Å². The molecule has 0 spiro atoms. The van der Waals surface area contributed by atoms with Crippen molar-refractivity contribution in [2.45, 2.75) is 25.3 Å². The molecule has 1 amide bonds. The lowest BCUT2D eigenvalue weighted by Gasteiger charge is -2.23. The number of para-hydroxylation sites is 1. The van der Waals surface area contributed by atoms with E-state index in [1.165, 1.54) is 32.4 Å². The number of anilines is 1. The number of hydrogen-bond donors (Lipinski definition) is 1. The van der Waals surface area contributed by atoms with Crippen molar-refractivity contribution >= 4 is 23.2 Å². The Morgan fingerprint density at radius 1 is 1.07 bits per heavy atom. The first-order chi connectivity index (χ1) is 13.7. The second-order valence-electron chi connectivity index (χ2n) is 7.53. The second kappa shape index (κ2) is 8.95. The van der Waals surface area contributed by atoms with Gasteiger partial charge in [0.2, 0.25) is 5.91 Å². The Bertz CT molecular complexity index is 806. The van der Waals surface area contributed by atoms with Crippen LogP contribution in [-0.4, -0.2) is 54.5 Å². The van der Waals surface area contributed by atoms with Crippen LogP contribution in [0.1, 0.15) is 19.3 Å². The van der Waals surface area contributed by atoms with E-state index in [9.17, 15) is 4.79 Å². The molecule has 2 heterocycles. The van der Waals surface area contributed by atoms with Gasteiger partial charge in [-0.15, -0.1) is 0 Å². The molecule has 2 aromatic rings. The maximum absolute atomic E-state index is 12.4. The fraction of sp³-hybridized carbons (Fsp3) is 0.409. The molecule has 4 rings (SSSR count). The molecule has 1 N–H and O–H groups in total. The molecule has 0 saturated carbocycles. The molecule has 2 aromatic carbocycles. The number of amides is 1. The summed E-state index contributed by atoms with van der Waals surface area (Å²) < 4.78 is 5.78. The number of hydrogen-bond acceptors (Lipinski definition) is 4. The van der Waals surface area contributed by atoms with E-state index in [1.54, 1.807) is 6.07 Å². The first-order valence-corrected chi connectivity index (χ1v) is 10.3. The van der Waals surface area contributed by atoms with Gasteiger partial charge >= 0.3 is 0 Å². The lowest BCUT2D eigenvalue weighted by atomic mass is 10.2. The molecule has 1 unspecified atom stereocenters. The Morgan fingerprint density at radius 3 is 2.57 bits per heavy atom.